The van der Waals surface area contributed by atoms with E-state index in [4.69, 9.17) is 9.84 Å². The van der Waals surface area contributed by atoms with Crippen LogP contribution in [0, 0.1) is 6.92 Å². The third-order valence-electron chi connectivity index (χ3n) is 2.60. The zero-order chi connectivity index (χ0) is 12.8. The number of aliphatic hydroxyl groups excluding tert-OH is 1. The molecule has 0 saturated heterocycles. The van der Waals surface area contributed by atoms with Crippen molar-refractivity contribution in [2.24, 2.45) is 0 Å². The lowest BCUT2D eigenvalue weighted by Crippen LogP contribution is -2.36. The van der Waals surface area contributed by atoms with Crippen LogP contribution in [0.1, 0.15) is 18.3 Å². The molecular weight excluding hydrogens is 286 g/mol. The summed E-state index contributed by atoms with van der Waals surface area (Å²) < 4.78 is 8.00. The molecule has 0 fully saturated rings. The molecule has 1 aromatic heterocycles. The van der Waals surface area contributed by atoms with E-state index in [-0.39, 0.29) is 12.6 Å². The Morgan fingerprint density at radius 1 is 1.59 bits per heavy atom. The molecule has 98 valence electrons. The van der Waals surface area contributed by atoms with Crippen LogP contribution in [-0.2, 0) is 17.8 Å². The van der Waals surface area contributed by atoms with E-state index in [1.54, 1.807) is 7.11 Å². The van der Waals surface area contributed by atoms with Gasteiger partial charge in [0.15, 0.2) is 0 Å². The molecule has 0 amide bonds. The Labute approximate surface area is 110 Å². The molecule has 1 rings (SSSR count). The number of nitrogens with zero attached hydrogens (tertiary/aromatic N) is 2. The lowest BCUT2D eigenvalue weighted by Gasteiger charge is -2.15. The minimum atomic E-state index is -0.0487. The van der Waals surface area contributed by atoms with Crippen molar-refractivity contribution in [1.82, 2.24) is 15.1 Å². The van der Waals surface area contributed by atoms with Crippen LogP contribution >= 0.6 is 15.9 Å². The van der Waals surface area contributed by atoms with Crippen LogP contribution in [0.4, 0.5) is 0 Å². The van der Waals surface area contributed by atoms with Crippen molar-refractivity contribution in [2.75, 3.05) is 20.3 Å². The molecule has 0 aliphatic rings. The second-order valence-corrected chi connectivity index (χ2v) is 4.67. The van der Waals surface area contributed by atoms with Gasteiger partial charge >= 0.3 is 0 Å². The molecule has 0 aromatic carbocycles. The third-order valence-corrected chi connectivity index (χ3v) is 3.63. The van der Waals surface area contributed by atoms with Gasteiger partial charge in [-0.2, -0.15) is 5.10 Å². The van der Waals surface area contributed by atoms with Crippen molar-refractivity contribution >= 4 is 15.9 Å². The highest BCUT2D eigenvalue weighted by Gasteiger charge is 2.13. The average Bonchev–Trinajstić information content (AvgIpc) is 2.61. The maximum atomic E-state index is 9.16. The predicted molar refractivity (Wildman–Crippen MR) is 69.9 cm³/mol. The zero-order valence-electron chi connectivity index (χ0n) is 10.5. The summed E-state index contributed by atoms with van der Waals surface area (Å²) in [7, 11) is 1.63. The summed E-state index contributed by atoms with van der Waals surface area (Å²) in [6.07, 6.45) is 0. The Balaban J connectivity index is 2.67. The minimum absolute atomic E-state index is 0.0487. The van der Waals surface area contributed by atoms with Crippen molar-refractivity contribution in [1.29, 1.82) is 0 Å². The SMILES string of the molecule is CCn1nc(C)c(Br)c1CNC(CO)COC. The summed E-state index contributed by atoms with van der Waals surface area (Å²) in [5.41, 5.74) is 2.08. The third kappa shape index (κ3) is 3.77. The maximum absolute atomic E-state index is 9.16. The Kier molecular flexibility index (Phi) is 6.11. The van der Waals surface area contributed by atoms with E-state index < -0.39 is 0 Å². The van der Waals surface area contributed by atoms with Crippen LogP contribution in [0.2, 0.25) is 0 Å². The van der Waals surface area contributed by atoms with Gasteiger partial charge in [0.2, 0.25) is 0 Å². The first-order valence-corrected chi connectivity index (χ1v) is 6.48. The van der Waals surface area contributed by atoms with Gasteiger partial charge in [-0.25, -0.2) is 0 Å². The lowest BCUT2D eigenvalue weighted by atomic mass is 10.3. The molecule has 0 aliphatic heterocycles. The van der Waals surface area contributed by atoms with E-state index in [1.807, 2.05) is 11.6 Å². The molecule has 1 unspecified atom stereocenters. The summed E-state index contributed by atoms with van der Waals surface area (Å²) in [4.78, 5) is 0. The van der Waals surface area contributed by atoms with E-state index in [1.165, 1.54) is 0 Å². The number of halogens is 1. The molecule has 1 atom stereocenters. The molecule has 0 aliphatic carbocycles. The van der Waals surface area contributed by atoms with Crippen molar-refractivity contribution in [3.8, 4) is 0 Å². The Morgan fingerprint density at radius 3 is 2.82 bits per heavy atom. The van der Waals surface area contributed by atoms with Gasteiger partial charge in [0.1, 0.15) is 0 Å². The highest BCUT2D eigenvalue weighted by molar-refractivity contribution is 9.10. The fourth-order valence-electron chi connectivity index (χ4n) is 1.66. The first kappa shape index (κ1) is 14.6. The molecule has 2 N–H and O–H groups in total. The lowest BCUT2D eigenvalue weighted by molar-refractivity contribution is 0.127. The van der Waals surface area contributed by atoms with E-state index >= 15 is 0 Å². The first-order chi connectivity index (χ1) is 8.13. The number of aromatic nitrogens is 2. The number of aryl methyl sites for hydroxylation is 2. The molecule has 5 nitrogen and oxygen atoms in total. The number of ether oxygens (including phenoxy) is 1. The molecule has 1 heterocycles. The standard InChI is InChI=1S/C11H20BrN3O2/c1-4-15-10(11(12)8(2)14-15)5-13-9(6-16)7-17-3/h9,13,16H,4-7H2,1-3H3. The summed E-state index contributed by atoms with van der Waals surface area (Å²) in [6, 6.07) is -0.0487. The fraction of sp³-hybridized carbons (Fsp3) is 0.727. The minimum Gasteiger partial charge on any atom is -0.395 e. The van der Waals surface area contributed by atoms with Crippen molar-refractivity contribution in [2.45, 2.75) is 33.0 Å². The topological polar surface area (TPSA) is 59.3 Å². The number of hydrogen-bond donors (Lipinski definition) is 2. The number of methoxy groups -OCH3 is 1. The summed E-state index contributed by atoms with van der Waals surface area (Å²) in [6.45, 7) is 6.07. The van der Waals surface area contributed by atoms with Crippen LogP contribution in [0.15, 0.2) is 4.47 Å². The molecular formula is C11H20BrN3O2. The monoisotopic (exact) mass is 305 g/mol. The van der Waals surface area contributed by atoms with E-state index in [9.17, 15) is 0 Å². The second-order valence-electron chi connectivity index (χ2n) is 3.88. The van der Waals surface area contributed by atoms with Gasteiger partial charge in [-0.1, -0.05) is 0 Å². The van der Waals surface area contributed by atoms with Crippen molar-refractivity contribution in [3.63, 3.8) is 0 Å². The number of nitrogens with one attached hydrogen (secondary N) is 1. The van der Waals surface area contributed by atoms with Gasteiger partial charge < -0.3 is 15.2 Å². The van der Waals surface area contributed by atoms with Crippen molar-refractivity contribution < 1.29 is 9.84 Å². The Hall–Kier alpha value is -0.430. The van der Waals surface area contributed by atoms with Crippen molar-refractivity contribution in [3.05, 3.63) is 15.9 Å². The number of aliphatic hydroxyl groups is 1. The molecule has 0 saturated carbocycles. The maximum Gasteiger partial charge on any atom is 0.0739 e. The summed E-state index contributed by atoms with van der Waals surface area (Å²) in [5.74, 6) is 0. The van der Waals surface area contributed by atoms with Gasteiger partial charge in [0.25, 0.3) is 0 Å². The highest BCUT2D eigenvalue weighted by atomic mass is 79.9. The Morgan fingerprint density at radius 2 is 2.29 bits per heavy atom. The van der Waals surface area contributed by atoms with Crippen LogP contribution in [0.25, 0.3) is 0 Å². The fourth-order valence-corrected chi connectivity index (χ4v) is 2.08. The predicted octanol–water partition coefficient (Wildman–Crippen LogP) is 1.07. The first-order valence-electron chi connectivity index (χ1n) is 5.68. The summed E-state index contributed by atoms with van der Waals surface area (Å²) >= 11 is 3.54. The quantitative estimate of drug-likeness (QED) is 0.791. The normalized spacial score (nSPS) is 13.0. The molecule has 0 bridgehead atoms. The van der Waals surface area contributed by atoms with Crippen LogP contribution in [0.3, 0.4) is 0 Å². The molecule has 0 spiro atoms. The van der Waals surface area contributed by atoms with Gasteiger partial charge in [0.05, 0.1) is 35.1 Å². The zero-order valence-corrected chi connectivity index (χ0v) is 12.1. The largest absolute Gasteiger partial charge is 0.395 e. The van der Waals surface area contributed by atoms with Gasteiger partial charge in [-0.05, 0) is 29.8 Å². The summed E-state index contributed by atoms with van der Waals surface area (Å²) in [5, 5.41) is 16.8. The number of hydrogen-bond acceptors (Lipinski definition) is 4. The van der Waals surface area contributed by atoms with Gasteiger partial charge in [0, 0.05) is 20.2 Å². The highest BCUT2D eigenvalue weighted by Crippen LogP contribution is 2.20. The van der Waals surface area contributed by atoms with Gasteiger partial charge in [-0.3, -0.25) is 4.68 Å². The number of rotatable bonds is 7. The van der Waals surface area contributed by atoms with Crippen LogP contribution in [0.5, 0.6) is 0 Å². The molecule has 1 aromatic rings. The smallest absolute Gasteiger partial charge is 0.0739 e. The van der Waals surface area contributed by atoms with Crippen LogP contribution < -0.4 is 5.32 Å². The van der Waals surface area contributed by atoms with E-state index in [0.29, 0.717) is 13.2 Å². The molecule has 0 radical (unpaired) electrons. The van der Waals surface area contributed by atoms with Crippen LogP contribution in [-0.4, -0.2) is 41.3 Å². The molecule has 17 heavy (non-hydrogen) atoms. The van der Waals surface area contributed by atoms with E-state index in [0.717, 1.165) is 22.4 Å². The average molecular weight is 306 g/mol. The second kappa shape index (κ2) is 7.10. The van der Waals surface area contributed by atoms with Gasteiger partial charge in [-0.15, -0.1) is 0 Å². The molecule has 6 heteroatoms. The van der Waals surface area contributed by atoms with E-state index in [2.05, 4.69) is 33.3 Å². The Bertz CT molecular complexity index is 355.